The fourth-order valence-corrected chi connectivity index (χ4v) is 3.28. The first kappa shape index (κ1) is 11.9. The lowest BCUT2D eigenvalue weighted by Gasteiger charge is -2.41. The second-order valence-corrected chi connectivity index (χ2v) is 6.20. The minimum absolute atomic E-state index is 0.512. The van der Waals surface area contributed by atoms with Crippen LogP contribution in [-0.2, 0) is 9.47 Å². The van der Waals surface area contributed by atoms with Crippen molar-refractivity contribution in [1.82, 2.24) is 4.90 Å². The molecule has 3 fully saturated rings. The fraction of sp³-hybridized carbons (Fsp3) is 1.00. The molecule has 0 radical (unpaired) electrons. The molecule has 0 amide bonds. The summed E-state index contributed by atoms with van der Waals surface area (Å²) >= 11 is 0. The Balaban J connectivity index is 1.62. The third-order valence-electron chi connectivity index (χ3n) is 4.81. The second kappa shape index (κ2) is 4.87. The molecule has 3 rings (SSSR count). The molecule has 0 aromatic rings. The van der Waals surface area contributed by atoms with Gasteiger partial charge in [-0.15, -0.1) is 0 Å². The van der Waals surface area contributed by atoms with Crippen LogP contribution in [0.3, 0.4) is 0 Å². The van der Waals surface area contributed by atoms with E-state index in [1.54, 1.807) is 0 Å². The molecule has 5 atom stereocenters. The topological polar surface area (TPSA) is 28.3 Å². The van der Waals surface area contributed by atoms with Gasteiger partial charge in [-0.25, -0.2) is 0 Å². The van der Waals surface area contributed by atoms with Gasteiger partial charge >= 0.3 is 0 Å². The molecule has 3 heteroatoms. The van der Waals surface area contributed by atoms with Gasteiger partial charge in [0.2, 0.25) is 0 Å². The van der Waals surface area contributed by atoms with Crippen molar-refractivity contribution in [1.29, 1.82) is 0 Å². The maximum atomic E-state index is 5.41. The predicted molar refractivity (Wildman–Crippen MR) is 67.0 cm³/mol. The van der Waals surface area contributed by atoms with E-state index in [2.05, 4.69) is 18.7 Å². The average molecular weight is 239 g/mol. The Morgan fingerprint density at radius 1 is 1.00 bits per heavy atom. The lowest BCUT2D eigenvalue weighted by Crippen LogP contribution is -2.47. The van der Waals surface area contributed by atoms with Crippen LogP contribution in [-0.4, -0.2) is 49.5 Å². The van der Waals surface area contributed by atoms with Gasteiger partial charge in [0, 0.05) is 19.1 Å². The van der Waals surface area contributed by atoms with E-state index >= 15 is 0 Å². The molecular weight excluding hydrogens is 214 g/mol. The fourth-order valence-electron chi connectivity index (χ4n) is 3.28. The molecule has 0 bridgehead atoms. The highest BCUT2D eigenvalue weighted by Crippen LogP contribution is 2.34. The van der Waals surface area contributed by atoms with Crippen molar-refractivity contribution in [2.45, 2.75) is 51.4 Å². The van der Waals surface area contributed by atoms with E-state index in [-0.39, 0.29) is 0 Å². The smallest absolute Gasteiger partial charge is 0.0936 e. The summed E-state index contributed by atoms with van der Waals surface area (Å²) in [5.74, 6) is 1.69. The molecule has 98 valence electrons. The summed E-state index contributed by atoms with van der Waals surface area (Å²) in [6.07, 6.45) is 5.19. The molecule has 2 aliphatic heterocycles. The monoisotopic (exact) mass is 239 g/mol. The van der Waals surface area contributed by atoms with Gasteiger partial charge in [-0.05, 0) is 18.3 Å². The Morgan fingerprint density at radius 2 is 1.59 bits per heavy atom. The number of epoxide rings is 2. The molecule has 1 aliphatic carbocycles. The zero-order valence-electron chi connectivity index (χ0n) is 11.1. The minimum atomic E-state index is 0.512. The maximum absolute atomic E-state index is 5.41. The first-order chi connectivity index (χ1) is 8.24. The quantitative estimate of drug-likeness (QED) is 0.686. The van der Waals surface area contributed by atoms with Crippen molar-refractivity contribution in [2.75, 3.05) is 26.3 Å². The molecule has 17 heavy (non-hydrogen) atoms. The Morgan fingerprint density at radius 3 is 2.12 bits per heavy atom. The first-order valence-electron chi connectivity index (χ1n) is 7.21. The Kier molecular flexibility index (Phi) is 3.42. The lowest BCUT2D eigenvalue weighted by molar-refractivity contribution is 0.0689. The summed E-state index contributed by atoms with van der Waals surface area (Å²) in [5.41, 5.74) is 0. The SMILES string of the molecule is CC1CCCC(N(CC2CO2)CC2CO2)C1C. The van der Waals surface area contributed by atoms with Crippen LogP contribution in [0.4, 0.5) is 0 Å². The van der Waals surface area contributed by atoms with Gasteiger partial charge < -0.3 is 9.47 Å². The van der Waals surface area contributed by atoms with Crippen LogP contribution < -0.4 is 0 Å². The third-order valence-corrected chi connectivity index (χ3v) is 4.81. The zero-order valence-corrected chi connectivity index (χ0v) is 11.1. The highest BCUT2D eigenvalue weighted by Gasteiger charge is 2.38. The van der Waals surface area contributed by atoms with Crippen LogP contribution in [0.15, 0.2) is 0 Å². The summed E-state index contributed by atoms with van der Waals surface area (Å²) in [6, 6.07) is 0.757. The lowest BCUT2D eigenvalue weighted by atomic mass is 9.77. The number of hydrogen-bond acceptors (Lipinski definition) is 3. The van der Waals surface area contributed by atoms with Gasteiger partial charge in [0.1, 0.15) is 0 Å². The summed E-state index contributed by atoms with van der Waals surface area (Å²) < 4.78 is 10.8. The van der Waals surface area contributed by atoms with Crippen LogP contribution in [0.1, 0.15) is 33.1 Å². The minimum Gasteiger partial charge on any atom is -0.372 e. The Labute approximate surface area is 104 Å². The summed E-state index contributed by atoms with van der Waals surface area (Å²) in [6.45, 7) is 9.04. The zero-order chi connectivity index (χ0) is 11.8. The van der Waals surface area contributed by atoms with E-state index < -0.39 is 0 Å². The van der Waals surface area contributed by atoms with Gasteiger partial charge in [-0.1, -0.05) is 26.7 Å². The highest BCUT2D eigenvalue weighted by atomic mass is 16.6. The molecule has 3 aliphatic rings. The number of ether oxygens (including phenoxy) is 2. The van der Waals surface area contributed by atoms with Gasteiger partial charge in [0.05, 0.1) is 25.4 Å². The Hall–Kier alpha value is -0.120. The van der Waals surface area contributed by atoms with Gasteiger partial charge in [0.15, 0.2) is 0 Å². The largest absolute Gasteiger partial charge is 0.372 e. The van der Waals surface area contributed by atoms with Crippen molar-refractivity contribution in [2.24, 2.45) is 11.8 Å². The van der Waals surface area contributed by atoms with E-state index in [1.165, 1.54) is 19.3 Å². The van der Waals surface area contributed by atoms with E-state index in [4.69, 9.17) is 9.47 Å². The second-order valence-electron chi connectivity index (χ2n) is 6.20. The summed E-state index contributed by atoms with van der Waals surface area (Å²) in [4.78, 5) is 2.66. The van der Waals surface area contributed by atoms with Crippen molar-refractivity contribution in [3.05, 3.63) is 0 Å². The van der Waals surface area contributed by atoms with Crippen LogP contribution >= 0.6 is 0 Å². The van der Waals surface area contributed by atoms with Crippen LogP contribution in [0.5, 0.6) is 0 Å². The van der Waals surface area contributed by atoms with Crippen LogP contribution in [0.25, 0.3) is 0 Å². The molecule has 0 aromatic heterocycles. The number of rotatable bonds is 5. The van der Waals surface area contributed by atoms with E-state index in [9.17, 15) is 0 Å². The summed E-state index contributed by atoms with van der Waals surface area (Å²) in [7, 11) is 0. The molecule has 2 saturated heterocycles. The van der Waals surface area contributed by atoms with Crippen molar-refractivity contribution in [3.8, 4) is 0 Å². The highest BCUT2D eigenvalue weighted by molar-refractivity contribution is 4.89. The van der Waals surface area contributed by atoms with Crippen molar-refractivity contribution in [3.63, 3.8) is 0 Å². The normalized spacial score (nSPS) is 45.0. The molecule has 0 aromatic carbocycles. The third kappa shape index (κ3) is 3.01. The molecule has 2 heterocycles. The van der Waals surface area contributed by atoms with E-state index in [0.29, 0.717) is 12.2 Å². The maximum Gasteiger partial charge on any atom is 0.0936 e. The number of hydrogen-bond donors (Lipinski definition) is 0. The molecule has 5 unspecified atom stereocenters. The van der Waals surface area contributed by atoms with Crippen LogP contribution in [0.2, 0.25) is 0 Å². The van der Waals surface area contributed by atoms with Gasteiger partial charge in [-0.2, -0.15) is 0 Å². The van der Waals surface area contributed by atoms with Crippen molar-refractivity contribution < 1.29 is 9.47 Å². The van der Waals surface area contributed by atoms with Crippen LogP contribution in [0, 0.1) is 11.8 Å². The summed E-state index contributed by atoms with van der Waals surface area (Å²) in [5, 5.41) is 0. The van der Waals surface area contributed by atoms with E-state index in [1.807, 2.05) is 0 Å². The van der Waals surface area contributed by atoms with Gasteiger partial charge in [-0.3, -0.25) is 4.90 Å². The molecule has 0 N–H and O–H groups in total. The Bertz CT molecular complexity index is 249. The van der Waals surface area contributed by atoms with Crippen molar-refractivity contribution >= 4 is 0 Å². The molecule has 0 spiro atoms. The average Bonchev–Trinajstić information content (AvgIpc) is 3.16. The molecular formula is C14H25NO2. The number of nitrogens with zero attached hydrogens (tertiary/aromatic N) is 1. The predicted octanol–water partition coefficient (Wildman–Crippen LogP) is 1.91. The van der Waals surface area contributed by atoms with Gasteiger partial charge in [0.25, 0.3) is 0 Å². The first-order valence-corrected chi connectivity index (χ1v) is 7.21. The standard InChI is InChI=1S/C14H25NO2/c1-10-4-3-5-14(11(10)2)15(6-12-8-16-12)7-13-9-17-13/h10-14H,3-9H2,1-2H3. The molecule has 3 nitrogen and oxygen atoms in total. The molecule has 1 saturated carbocycles. The van der Waals surface area contributed by atoms with E-state index in [0.717, 1.165) is 44.2 Å².